The highest BCUT2D eigenvalue weighted by molar-refractivity contribution is 8.93. The molecule has 1 unspecified atom stereocenters. The quantitative estimate of drug-likeness (QED) is 0.508. The second kappa shape index (κ2) is 24.4. The van der Waals surface area contributed by atoms with Gasteiger partial charge in [-0.15, -0.1) is 32.8 Å². The van der Waals surface area contributed by atoms with E-state index >= 15 is 0 Å². The highest BCUT2D eigenvalue weighted by atomic mass is 79.9. The maximum absolute atomic E-state index is 8.56. The molecule has 0 aliphatic heterocycles. The molecule has 0 saturated heterocycles. The normalized spacial score (nSPS) is 10.8. The van der Waals surface area contributed by atoms with E-state index in [1.54, 1.807) is 0 Å². The van der Waals surface area contributed by atoms with Gasteiger partial charge in [-0.1, -0.05) is 41.5 Å². The minimum absolute atomic E-state index is 0. The molecule has 0 amide bonds. The van der Waals surface area contributed by atoms with Gasteiger partial charge < -0.3 is 9.11 Å². The Morgan fingerprint density at radius 3 is 0.895 bits per heavy atom. The van der Waals surface area contributed by atoms with Gasteiger partial charge in [0.25, 0.3) is 0 Å². The Morgan fingerprint density at radius 2 is 0.895 bits per heavy atom. The molecular weight excluding hydrogens is 366 g/mol. The summed E-state index contributed by atoms with van der Waals surface area (Å²) in [6.07, 6.45) is 8.51. The Labute approximate surface area is 136 Å². The Bertz CT molecular complexity index is 142. The van der Waals surface area contributed by atoms with E-state index in [2.05, 4.69) is 41.5 Å². The molecule has 0 aromatic heterocycles. The fraction of sp³-hybridized carbons (Fsp3) is 1.00. The molecule has 0 rings (SSSR count). The Morgan fingerprint density at radius 1 is 0.789 bits per heavy atom. The molecule has 0 radical (unpaired) electrons. The largest absolute Gasteiger partial charge is 0.750 e. The van der Waals surface area contributed by atoms with Crippen molar-refractivity contribution in [2.45, 2.75) is 41.5 Å². The first-order chi connectivity index (χ1) is 8.42. The molecule has 0 bridgehead atoms. The van der Waals surface area contributed by atoms with Gasteiger partial charge in [0.2, 0.25) is 0 Å². The lowest BCUT2D eigenvalue weighted by Crippen LogP contribution is -1.83. The molecule has 1 N–H and O–H groups in total. The molecular formula is C12H32BrO3P2S-. The summed E-state index contributed by atoms with van der Waals surface area (Å²) in [6, 6.07) is 0. The number of halogens is 1. The van der Waals surface area contributed by atoms with Crippen LogP contribution in [-0.2, 0) is 11.4 Å². The first-order valence-corrected chi connectivity index (χ1v) is 11.5. The van der Waals surface area contributed by atoms with Gasteiger partial charge in [0.1, 0.15) is 0 Å². The monoisotopic (exact) mass is 397 g/mol. The Hall–Kier alpha value is 1.41. The van der Waals surface area contributed by atoms with Gasteiger partial charge in [0, 0.05) is 0 Å². The minimum Gasteiger partial charge on any atom is -0.750 e. The van der Waals surface area contributed by atoms with Crippen LogP contribution in [0.3, 0.4) is 0 Å². The lowest BCUT2D eigenvalue weighted by atomic mass is 10.9. The second-order valence-electron chi connectivity index (χ2n) is 3.46. The summed E-state index contributed by atoms with van der Waals surface area (Å²) in [5, 5.41) is 0. The molecule has 122 valence electrons. The van der Waals surface area contributed by atoms with E-state index < -0.39 is 11.4 Å². The average Bonchev–Trinajstić information content (AvgIpc) is 2.34. The van der Waals surface area contributed by atoms with E-state index in [9.17, 15) is 0 Å². The first-order valence-electron chi connectivity index (χ1n) is 6.66. The van der Waals surface area contributed by atoms with Gasteiger partial charge in [0.15, 0.2) is 0 Å². The molecule has 7 heteroatoms. The van der Waals surface area contributed by atoms with Crippen LogP contribution in [0, 0.1) is 0 Å². The highest BCUT2D eigenvalue weighted by Gasteiger charge is 1.94. The summed E-state index contributed by atoms with van der Waals surface area (Å²) in [7, 11) is 0.892. The molecule has 0 aromatic rings. The van der Waals surface area contributed by atoms with Crippen LogP contribution < -0.4 is 0 Å². The zero-order chi connectivity index (χ0) is 15.0. The maximum atomic E-state index is 8.56. The molecule has 0 aliphatic rings. The van der Waals surface area contributed by atoms with Crippen LogP contribution in [0.5, 0.6) is 0 Å². The maximum Gasteiger partial charge on any atom is 0.0814 e. The van der Waals surface area contributed by atoms with Crippen molar-refractivity contribution in [2.24, 2.45) is 0 Å². The molecule has 0 saturated carbocycles. The fourth-order valence-electron chi connectivity index (χ4n) is 1.34. The summed E-state index contributed by atoms with van der Waals surface area (Å²) >= 11 is -2.86. The molecule has 0 heterocycles. The summed E-state index contributed by atoms with van der Waals surface area (Å²) in [6.45, 7) is 13.7. The highest BCUT2D eigenvalue weighted by Crippen LogP contribution is 2.32. The molecule has 0 fully saturated rings. The number of hydrogen-bond donors (Lipinski definition) is 1. The van der Waals surface area contributed by atoms with Gasteiger partial charge in [-0.3, -0.25) is 0 Å². The van der Waals surface area contributed by atoms with Crippen molar-refractivity contribution in [1.82, 2.24) is 0 Å². The van der Waals surface area contributed by atoms with Gasteiger partial charge in [-0.25, -0.2) is 4.21 Å². The smallest absolute Gasteiger partial charge is 0.0814 e. The summed E-state index contributed by atoms with van der Waals surface area (Å²) < 4.78 is 24.1. The third-order valence-corrected chi connectivity index (χ3v) is 8.05. The fourth-order valence-corrected chi connectivity index (χ4v) is 4.02. The van der Waals surface area contributed by atoms with Crippen molar-refractivity contribution in [2.75, 3.05) is 37.0 Å². The topological polar surface area (TPSA) is 60.4 Å². The molecule has 0 aromatic carbocycles. The predicted molar refractivity (Wildman–Crippen MR) is 99.0 cm³/mol. The van der Waals surface area contributed by atoms with E-state index in [1.807, 2.05) is 0 Å². The van der Waals surface area contributed by atoms with Crippen LogP contribution in [-0.4, -0.2) is 50.3 Å². The summed E-state index contributed by atoms with van der Waals surface area (Å²) in [4.78, 5) is 0. The van der Waals surface area contributed by atoms with Gasteiger partial charge in [-0.2, -0.15) is 0 Å². The van der Waals surface area contributed by atoms with Crippen molar-refractivity contribution < 1.29 is 13.3 Å². The van der Waals surface area contributed by atoms with Crippen LogP contribution in [0.25, 0.3) is 0 Å². The number of hydrogen-bond acceptors (Lipinski definition) is 2. The van der Waals surface area contributed by atoms with Crippen molar-refractivity contribution in [1.29, 1.82) is 0 Å². The van der Waals surface area contributed by atoms with E-state index in [0.29, 0.717) is 15.8 Å². The van der Waals surface area contributed by atoms with E-state index in [-0.39, 0.29) is 17.0 Å². The summed E-state index contributed by atoms with van der Waals surface area (Å²) in [5.41, 5.74) is 0. The number of rotatable bonds is 6. The van der Waals surface area contributed by atoms with Crippen LogP contribution in [0.1, 0.15) is 41.5 Å². The first kappa shape index (κ1) is 28.6. The standard InChI is InChI=1S/2C6H15P.BrH.H2O3S/c2*1-4-7(5-2)6-3;;1-4(2)3/h2*4-6H2,1-3H3;1H;(H2,1,2,3)/p-1. The van der Waals surface area contributed by atoms with E-state index in [4.69, 9.17) is 13.3 Å². The molecule has 19 heavy (non-hydrogen) atoms. The van der Waals surface area contributed by atoms with Crippen LogP contribution in [0.2, 0.25) is 0 Å². The second-order valence-corrected chi connectivity index (χ2v) is 10.4. The molecule has 1 atom stereocenters. The molecule has 3 nitrogen and oxygen atoms in total. The zero-order valence-electron chi connectivity index (χ0n) is 13.2. The molecule has 0 aliphatic carbocycles. The van der Waals surface area contributed by atoms with Crippen LogP contribution in [0.15, 0.2) is 0 Å². The van der Waals surface area contributed by atoms with E-state index in [1.165, 1.54) is 37.0 Å². The minimum atomic E-state index is -2.86. The van der Waals surface area contributed by atoms with Gasteiger partial charge >= 0.3 is 0 Å². The Kier molecular flexibility index (Phi) is 36.7. The summed E-state index contributed by atoms with van der Waals surface area (Å²) in [5.74, 6) is 0. The van der Waals surface area contributed by atoms with Crippen LogP contribution >= 0.6 is 32.8 Å². The van der Waals surface area contributed by atoms with Gasteiger partial charge in [0.05, 0.1) is 11.4 Å². The average molecular weight is 398 g/mol. The van der Waals surface area contributed by atoms with Crippen LogP contribution in [0.4, 0.5) is 0 Å². The third-order valence-electron chi connectivity index (χ3n) is 2.68. The zero-order valence-corrected chi connectivity index (χ0v) is 17.5. The SMILES string of the molecule is Br.CCP(CC)CC.CCP(CC)CC.O=S([O-])O. The predicted octanol–water partition coefficient (Wildman–Crippen LogP) is 4.97. The van der Waals surface area contributed by atoms with Gasteiger partial charge in [-0.05, 0) is 37.0 Å². The lowest BCUT2D eigenvalue weighted by molar-refractivity contribution is 0.436. The Balaban J connectivity index is -0.0000000900. The third kappa shape index (κ3) is 32.7. The van der Waals surface area contributed by atoms with E-state index in [0.717, 1.165) is 0 Å². The van der Waals surface area contributed by atoms with Crippen molar-refractivity contribution in [3.63, 3.8) is 0 Å². The van der Waals surface area contributed by atoms with Crippen molar-refractivity contribution in [3.8, 4) is 0 Å². The molecule has 0 spiro atoms. The van der Waals surface area contributed by atoms with Crippen molar-refractivity contribution in [3.05, 3.63) is 0 Å². The lowest BCUT2D eigenvalue weighted by Gasteiger charge is -2.07. The van der Waals surface area contributed by atoms with Crippen molar-refractivity contribution >= 4 is 44.2 Å².